The molecule has 2 bridgehead atoms. The summed E-state index contributed by atoms with van der Waals surface area (Å²) in [6.07, 6.45) is 3.47. The van der Waals surface area contributed by atoms with Crippen LogP contribution in [-0.2, 0) is 19.1 Å². The van der Waals surface area contributed by atoms with E-state index in [4.69, 9.17) is 9.47 Å². The van der Waals surface area contributed by atoms with Gasteiger partial charge in [-0.1, -0.05) is 48.6 Å². The molecule has 3 heterocycles. The van der Waals surface area contributed by atoms with Crippen molar-refractivity contribution in [3.8, 4) is 0 Å². The molecule has 0 aliphatic carbocycles. The maximum absolute atomic E-state index is 13.3. The molecule has 1 unspecified atom stereocenters. The predicted molar refractivity (Wildman–Crippen MR) is 92.0 cm³/mol. The molecule has 126 valence electrons. The SMILES string of the molecule is COC(=O)C1[C@@H]2C=C[C@]3(CN(c4cccc5ccccc45)C(=O)[C@H]13)O2. The Morgan fingerprint density at radius 3 is 2.88 bits per heavy atom. The molecule has 1 spiro atoms. The van der Waals surface area contributed by atoms with Gasteiger partial charge in [0.05, 0.1) is 31.4 Å². The second-order valence-corrected chi connectivity index (χ2v) is 6.85. The second kappa shape index (κ2) is 4.92. The van der Waals surface area contributed by atoms with Crippen LogP contribution in [0.5, 0.6) is 0 Å². The number of ether oxygens (including phenoxy) is 2. The third kappa shape index (κ3) is 1.81. The van der Waals surface area contributed by atoms with Gasteiger partial charge in [-0.15, -0.1) is 0 Å². The first kappa shape index (κ1) is 14.7. The normalized spacial score (nSPS) is 32.4. The minimum absolute atomic E-state index is 0.0707. The standard InChI is InChI=1S/C20H17NO4/c1-24-19(23)16-15-9-10-20(25-15)11-21(18(22)17(16)20)14-8-4-6-12-5-2-3-7-13(12)14/h2-10,15-17H,11H2,1H3/t15-,16?,17-,20+/m0/s1. The quantitative estimate of drug-likeness (QED) is 0.624. The molecule has 2 fully saturated rings. The molecule has 25 heavy (non-hydrogen) atoms. The number of carbonyl (C=O) groups excluding carboxylic acids is 2. The fraction of sp³-hybridized carbons (Fsp3) is 0.300. The Morgan fingerprint density at radius 1 is 1.24 bits per heavy atom. The zero-order chi connectivity index (χ0) is 17.2. The lowest BCUT2D eigenvalue weighted by Gasteiger charge is -2.22. The van der Waals surface area contributed by atoms with Gasteiger partial charge in [0, 0.05) is 5.39 Å². The van der Waals surface area contributed by atoms with Crippen LogP contribution in [0.1, 0.15) is 0 Å². The second-order valence-electron chi connectivity index (χ2n) is 6.85. The van der Waals surface area contributed by atoms with Crippen LogP contribution in [0, 0.1) is 11.8 Å². The summed E-state index contributed by atoms with van der Waals surface area (Å²) >= 11 is 0. The van der Waals surface area contributed by atoms with Crippen molar-refractivity contribution in [1.82, 2.24) is 0 Å². The molecule has 0 radical (unpaired) electrons. The van der Waals surface area contributed by atoms with Gasteiger partial charge < -0.3 is 14.4 Å². The summed E-state index contributed by atoms with van der Waals surface area (Å²) in [6, 6.07) is 13.9. The van der Waals surface area contributed by atoms with Crippen LogP contribution in [0.25, 0.3) is 10.8 Å². The van der Waals surface area contributed by atoms with Gasteiger partial charge in [0.15, 0.2) is 0 Å². The van der Waals surface area contributed by atoms with Crippen molar-refractivity contribution in [2.75, 3.05) is 18.6 Å². The van der Waals surface area contributed by atoms with Crippen LogP contribution in [-0.4, -0.2) is 37.2 Å². The highest BCUT2D eigenvalue weighted by Crippen LogP contribution is 2.53. The molecule has 2 aromatic carbocycles. The Kier molecular flexibility index (Phi) is 2.89. The Bertz CT molecular complexity index is 931. The van der Waals surface area contributed by atoms with E-state index >= 15 is 0 Å². The third-order valence-corrected chi connectivity index (χ3v) is 5.63. The smallest absolute Gasteiger partial charge is 0.312 e. The number of esters is 1. The largest absolute Gasteiger partial charge is 0.469 e. The summed E-state index contributed by atoms with van der Waals surface area (Å²) < 4.78 is 11.0. The molecule has 2 aromatic rings. The summed E-state index contributed by atoms with van der Waals surface area (Å²) in [5.41, 5.74) is 0.133. The number of benzene rings is 2. The van der Waals surface area contributed by atoms with Crippen LogP contribution < -0.4 is 4.90 Å². The summed E-state index contributed by atoms with van der Waals surface area (Å²) in [5.74, 6) is -1.54. The summed E-state index contributed by atoms with van der Waals surface area (Å²) in [4.78, 5) is 27.2. The van der Waals surface area contributed by atoms with E-state index < -0.39 is 17.4 Å². The van der Waals surface area contributed by atoms with Crippen molar-refractivity contribution < 1.29 is 19.1 Å². The molecule has 0 saturated carbocycles. The van der Waals surface area contributed by atoms with Gasteiger partial charge in [-0.3, -0.25) is 9.59 Å². The zero-order valence-corrected chi connectivity index (χ0v) is 13.7. The molecule has 3 aliphatic heterocycles. The van der Waals surface area contributed by atoms with Gasteiger partial charge in [0.25, 0.3) is 0 Å². The van der Waals surface area contributed by atoms with E-state index in [9.17, 15) is 9.59 Å². The van der Waals surface area contributed by atoms with Gasteiger partial charge in [0.2, 0.25) is 5.91 Å². The number of anilines is 1. The zero-order valence-electron chi connectivity index (χ0n) is 13.7. The van der Waals surface area contributed by atoms with Gasteiger partial charge in [0.1, 0.15) is 11.5 Å². The molecule has 1 amide bonds. The van der Waals surface area contributed by atoms with E-state index in [-0.39, 0.29) is 18.0 Å². The van der Waals surface area contributed by atoms with Crippen molar-refractivity contribution in [2.45, 2.75) is 11.7 Å². The van der Waals surface area contributed by atoms with Crippen LogP contribution in [0.4, 0.5) is 5.69 Å². The lowest BCUT2D eigenvalue weighted by Crippen LogP contribution is -2.39. The molecule has 0 N–H and O–H groups in total. The molecule has 0 aromatic heterocycles. The average Bonchev–Trinajstić information content (AvgIpc) is 3.29. The van der Waals surface area contributed by atoms with Crippen LogP contribution in [0.2, 0.25) is 0 Å². The monoisotopic (exact) mass is 335 g/mol. The minimum Gasteiger partial charge on any atom is -0.469 e. The lowest BCUT2D eigenvalue weighted by molar-refractivity contribution is -0.149. The van der Waals surface area contributed by atoms with E-state index in [2.05, 4.69) is 0 Å². The maximum atomic E-state index is 13.3. The van der Waals surface area contributed by atoms with E-state index in [0.717, 1.165) is 16.5 Å². The molecule has 4 atom stereocenters. The minimum atomic E-state index is -0.725. The van der Waals surface area contributed by atoms with Crippen LogP contribution in [0.3, 0.4) is 0 Å². The van der Waals surface area contributed by atoms with Crippen molar-refractivity contribution in [2.24, 2.45) is 11.8 Å². The molecular weight excluding hydrogens is 318 g/mol. The van der Waals surface area contributed by atoms with Gasteiger partial charge in [-0.05, 0) is 11.5 Å². The molecular formula is C20H17NO4. The van der Waals surface area contributed by atoms with E-state index in [1.165, 1.54) is 7.11 Å². The molecule has 3 aliphatic rings. The van der Waals surface area contributed by atoms with Crippen LogP contribution >= 0.6 is 0 Å². The number of carbonyl (C=O) groups is 2. The van der Waals surface area contributed by atoms with Crippen molar-refractivity contribution in [3.05, 3.63) is 54.6 Å². The number of hydrogen-bond donors (Lipinski definition) is 0. The fourth-order valence-electron chi connectivity index (χ4n) is 4.55. The van der Waals surface area contributed by atoms with Gasteiger partial charge in [-0.25, -0.2) is 0 Å². The fourth-order valence-corrected chi connectivity index (χ4v) is 4.55. The average molecular weight is 335 g/mol. The first-order valence-electron chi connectivity index (χ1n) is 8.39. The first-order valence-corrected chi connectivity index (χ1v) is 8.39. The molecule has 5 heteroatoms. The van der Waals surface area contributed by atoms with Gasteiger partial charge >= 0.3 is 5.97 Å². The first-order chi connectivity index (χ1) is 12.1. The number of rotatable bonds is 2. The number of hydrogen-bond acceptors (Lipinski definition) is 4. The Hall–Kier alpha value is -2.66. The molecule has 5 nitrogen and oxygen atoms in total. The highest BCUT2D eigenvalue weighted by Gasteiger charge is 2.67. The van der Waals surface area contributed by atoms with Crippen molar-refractivity contribution >= 4 is 28.3 Å². The topological polar surface area (TPSA) is 55.8 Å². The summed E-state index contributed by atoms with van der Waals surface area (Å²) in [6.45, 7) is 0.422. The number of methoxy groups -OCH3 is 1. The van der Waals surface area contributed by atoms with Crippen molar-refractivity contribution in [3.63, 3.8) is 0 Å². The number of nitrogens with zero attached hydrogens (tertiary/aromatic N) is 1. The Labute approximate surface area is 144 Å². The number of fused-ring (bicyclic) bond motifs is 2. The maximum Gasteiger partial charge on any atom is 0.312 e. The highest BCUT2D eigenvalue weighted by atomic mass is 16.5. The Balaban J connectivity index is 1.61. The van der Waals surface area contributed by atoms with Gasteiger partial charge in [-0.2, -0.15) is 0 Å². The Morgan fingerprint density at radius 2 is 2.04 bits per heavy atom. The molecule has 5 rings (SSSR count). The predicted octanol–water partition coefficient (Wildman–Crippen LogP) is 2.30. The lowest BCUT2D eigenvalue weighted by atomic mass is 9.77. The summed E-state index contributed by atoms with van der Waals surface area (Å²) in [7, 11) is 1.35. The van der Waals surface area contributed by atoms with E-state index in [0.29, 0.717) is 6.54 Å². The number of amides is 1. The van der Waals surface area contributed by atoms with E-state index in [1.54, 1.807) is 4.90 Å². The van der Waals surface area contributed by atoms with E-state index in [1.807, 2.05) is 54.6 Å². The van der Waals surface area contributed by atoms with Crippen LogP contribution in [0.15, 0.2) is 54.6 Å². The molecule has 2 saturated heterocycles. The highest BCUT2D eigenvalue weighted by molar-refractivity contribution is 6.08. The third-order valence-electron chi connectivity index (χ3n) is 5.63. The van der Waals surface area contributed by atoms with Crippen molar-refractivity contribution in [1.29, 1.82) is 0 Å². The summed E-state index contributed by atoms with van der Waals surface area (Å²) in [5, 5.41) is 2.09.